The maximum Gasteiger partial charge on any atom is 0.409 e. The van der Waals surface area contributed by atoms with Gasteiger partial charge in [-0.3, -0.25) is 4.79 Å². The number of hydrogen-bond donors (Lipinski definition) is 1. The van der Waals surface area contributed by atoms with Crippen LogP contribution in [0.5, 0.6) is 5.75 Å². The van der Waals surface area contributed by atoms with Crippen LogP contribution >= 0.6 is 0 Å². The predicted molar refractivity (Wildman–Crippen MR) is 93.2 cm³/mol. The molecule has 0 unspecified atom stereocenters. The third kappa shape index (κ3) is 7.22. The summed E-state index contributed by atoms with van der Waals surface area (Å²) in [5.74, 6) is 0.0475. The lowest BCUT2D eigenvalue weighted by Gasteiger charge is -2.31. The van der Waals surface area contributed by atoms with Gasteiger partial charge in [-0.2, -0.15) is 13.2 Å². The third-order valence-electron chi connectivity index (χ3n) is 4.16. The Balaban J connectivity index is 2.15. The summed E-state index contributed by atoms with van der Waals surface area (Å²) in [5.41, 5.74) is 5.80. The fourth-order valence-electron chi connectivity index (χ4n) is 2.85. The van der Waals surface area contributed by atoms with Gasteiger partial charge in [0.1, 0.15) is 30.1 Å². The zero-order valence-electron chi connectivity index (χ0n) is 15.0. The first-order valence-corrected chi connectivity index (χ1v) is 8.80. The molecule has 1 saturated heterocycles. The molecule has 1 aliphatic rings. The maximum absolute atomic E-state index is 12.3. The minimum absolute atomic E-state index is 0.113. The van der Waals surface area contributed by atoms with Gasteiger partial charge in [-0.1, -0.05) is 24.3 Å². The monoisotopic (exact) mass is 387 g/mol. The summed E-state index contributed by atoms with van der Waals surface area (Å²) < 4.78 is 53.8. The lowest BCUT2D eigenvalue weighted by molar-refractivity contribution is -0.161. The molecule has 1 aromatic carbocycles. The Bertz CT molecular complexity index is 621. The SMILES string of the molecule is C[C@@H]1OC(=O)[C@@H](N)CCC[C@H](Oc2ccccc2)[C@H]1OC/C=C/C(F)(F)F. The molecule has 0 saturated carbocycles. The van der Waals surface area contributed by atoms with Crippen LogP contribution in [0, 0.1) is 0 Å². The van der Waals surface area contributed by atoms with Crippen molar-refractivity contribution in [3.63, 3.8) is 0 Å². The van der Waals surface area contributed by atoms with Crippen LogP contribution < -0.4 is 10.5 Å². The molecule has 0 aliphatic carbocycles. The van der Waals surface area contributed by atoms with Gasteiger partial charge in [0, 0.05) is 6.08 Å². The largest absolute Gasteiger partial charge is 0.488 e. The quantitative estimate of drug-likeness (QED) is 0.620. The summed E-state index contributed by atoms with van der Waals surface area (Å²) in [6.07, 6.45) is -3.83. The zero-order chi connectivity index (χ0) is 19.9. The molecular formula is C19H24F3NO4. The van der Waals surface area contributed by atoms with E-state index < -0.39 is 36.5 Å². The molecule has 4 atom stereocenters. The Morgan fingerprint density at radius 1 is 1.26 bits per heavy atom. The average Bonchev–Trinajstić information content (AvgIpc) is 2.64. The Morgan fingerprint density at radius 2 is 1.96 bits per heavy atom. The van der Waals surface area contributed by atoms with Gasteiger partial charge in [-0.25, -0.2) is 0 Å². The highest BCUT2D eigenvalue weighted by Crippen LogP contribution is 2.24. The topological polar surface area (TPSA) is 70.8 Å². The summed E-state index contributed by atoms with van der Waals surface area (Å²) in [4.78, 5) is 12.0. The van der Waals surface area contributed by atoms with E-state index in [1.165, 1.54) is 0 Å². The molecule has 0 spiro atoms. The summed E-state index contributed by atoms with van der Waals surface area (Å²) in [7, 11) is 0. The molecule has 8 heteroatoms. The van der Waals surface area contributed by atoms with Crippen molar-refractivity contribution >= 4 is 5.97 Å². The molecule has 0 aromatic heterocycles. The smallest absolute Gasteiger partial charge is 0.409 e. The highest BCUT2D eigenvalue weighted by atomic mass is 19.4. The van der Waals surface area contributed by atoms with Crippen LogP contribution in [-0.2, 0) is 14.3 Å². The number of hydrogen-bond acceptors (Lipinski definition) is 5. The van der Waals surface area contributed by atoms with E-state index in [1.807, 2.05) is 18.2 Å². The molecule has 0 amide bonds. The minimum Gasteiger partial charge on any atom is -0.488 e. The number of carbonyl (C=O) groups excluding carboxylic acids is 1. The van der Waals surface area contributed by atoms with Crippen molar-refractivity contribution in [1.29, 1.82) is 0 Å². The van der Waals surface area contributed by atoms with Gasteiger partial charge in [0.2, 0.25) is 0 Å². The molecule has 2 rings (SSSR count). The van der Waals surface area contributed by atoms with Crippen molar-refractivity contribution in [1.82, 2.24) is 0 Å². The summed E-state index contributed by atoms with van der Waals surface area (Å²) in [6.45, 7) is 1.34. The van der Waals surface area contributed by atoms with Gasteiger partial charge < -0.3 is 19.9 Å². The first-order chi connectivity index (χ1) is 12.8. The number of nitrogens with two attached hydrogens (primary N) is 1. The van der Waals surface area contributed by atoms with Crippen LogP contribution in [0.25, 0.3) is 0 Å². The van der Waals surface area contributed by atoms with Gasteiger partial charge in [0.05, 0.1) is 6.61 Å². The Morgan fingerprint density at radius 3 is 2.63 bits per heavy atom. The number of cyclic esters (lactones) is 1. The van der Waals surface area contributed by atoms with E-state index >= 15 is 0 Å². The molecule has 5 nitrogen and oxygen atoms in total. The molecule has 150 valence electrons. The number of para-hydroxylation sites is 1. The normalized spacial score (nSPS) is 27.5. The van der Waals surface area contributed by atoms with Crippen molar-refractivity contribution in [2.75, 3.05) is 6.61 Å². The van der Waals surface area contributed by atoms with Crippen LogP contribution in [0.4, 0.5) is 13.2 Å². The van der Waals surface area contributed by atoms with Crippen LogP contribution in [0.3, 0.4) is 0 Å². The molecule has 27 heavy (non-hydrogen) atoms. The number of halogens is 3. The molecule has 0 radical (unpaired) electrons. The second-order valence-corrected chi connectivity index (χ2v) is 6.39. The summed E-state index contributed by atoms with van der Waals surface area (Å²) in [5, 5.41) is 0. The van der Waals surface area contributed by atoms with E-state index in [1.54, 1.807) is 19.1 Å². The Labute approximate surface area is 156 Å². The van der Waals surface area contributed by atoms with Crippen LogP contribution in [-0.4, -0.2) is 43.1 Å². The number of carbonyl (C=O) groups is 1. The van der Waals surface area contributed by atoms with Crippen molar-refractivity contribution in [2.24, 2.45) is 5.73 Å². The molecule has 1 heterocycles. The van der Waals surface area contributed by atoms with Gasteiger partial charge in [-0.05, 0) is 38.3 Å². The fourth-order valence-corrected chi connectivity index (χ4v) is 2.85. The number of esters is 1. The number of benzene rings is 1. The van der Waals surface area contributed by atoms with Crippen molar-refractivity contribution in [2.45, 2.75) is 56.7 Å². The van der Waals surface area contributed by atoms with Crippen molar-refractivity contribution in [3.8, 4) is 5.75 Å². The van der Waals surface area contributed by atoms with Gasteiger partial charge in [-0.15, -0.1) is 0 Å². The van der Waals surface area contributed by atoms with E-state index in [-0.39, 0.29) is 12.7 Å². The lowest BCUT2D eigenvalue weighted by atomic mass is 10.0. The minimum atomic E-state index is -4.41. The van der Waals surface area contributed by atoms with Gasteiger partial charge >= 0.3 is 12.1 Å². The average molecular weight is 387 g/mol. The van der Waals surface area contributed by atoms with Crippen LogP contribution in [0.15, 0.2) is 42.5 Å². The van der Waals surface area contributed by atoms with Gasteiger partial charge in [0.15, 0.2) is 0 Å². The molecule has 1 aromatic rings. The van der Waals surface area contributed by atoms with Crippen molar-refractivity contribution < 1.29 is 32.2 Å². The number of ether oxygens (including phenoxy) is 3. The molecule has 1 aliphatic heterocycles. The lowest BCUT2D eigenvalue weighted by Crippen LogP contribution is -2.44. The van der Waals surface area contributed by atoms with Gasteiger partial charge in [0.25, 0.3) is 0 Å². The van der Waals surface area contributed by atoms with E-state index in [0.29, 0.717) is 25.0 Å². The predicted octanol–water partition coefficient (Wildman–Crippen LogP) is 3.38. The second kappa shape index (κ2) is 9.75. The van der Waals surface area contributed by atoms with E-state index in [0.717, 1.165) is 6.08 Å². The molecule has 0 bridgehead atoms. The van der Waals surface area contributed by atoms with E-state index in [9.17, 15) is 18.0 Å². The van der Waals surface area contributed by atoms with Crippen LogP contribution in [0.2, 0.25) is 0 Å². The van der Waals surface area contributed by atoms with E-state index in [4.69, 9.17) is 19.9 Å². The number of rotatable bonds is 5. The highest BCUT2D eigenvalue weighted by Gasteiger charge is 2.34. The Hall–Kier alpha value is -2.06. The zero-order valence-corrected chi connectivity index (χ0v) is 15.0. The molecular weight excluding hydrogens is 363 g/mol. The third-order valence-corrected chi connectivity index (χ3v) is 4.16. The number of allylic oxidation sites excluding steroid dienone is 1. The van der Waals surface area contributed by atoms with Crippen molar-refractivity contribution in [3.05, 3.63) is 42.5 Å². The fraction of sp³-hybridized carbons (Fsp3) is 0.526. The standard InChI is InChI=1S/C19H24F3NO4/c1-13-17(25-12-6-11-19(20,21)22)16(27-14-7-3-2-4-8-14)10-5-9-15(23)18(24)26-13/h2-4,6-8,11,13,15-17H,5,9-10,12,23H2,1H3/b11-6+/t13-,15-,16-,17-/m0/s1. The summed E-state index contributed by atoms with van der Waals surface area (Å²) >= 11 is 0. The summed E-state index contributed by atoms with van der Waals surface area (Å²) in [6, 6.07) is 8.27. The first-order valence-electron chi connectivity index (χ1n) is 8.80. The van der Waals surface area contributed by atoms with Crippen LogP contribution in [0.1, 0.15) is 26.2 Å². The Kier molecular flexibility index (Phi) is 7.67. The van der Waals surface area contributed by atoms with E-state index in [2.05, 4.69) is 0 Å². The molecule has 2 N–H and O–H groups in total. The number of alkyl halides is 3. The first kappa shape index (κ1) is 21.2. The highest BCUT2D eigenvalue weighted by molar-refractivity contribution is 5.75. The maximum atomic E-state index is 12.3. The molecule has 1 fully saturated rings. The second-order valence-electron chi connectivity index (χ2n) is 6.39.